The van der Waals surface area contributed by atoms with E-state index < -0.39 is 5.41 Å². The predicted octanol–water partition coefficient (Wildman–Crippen LogP) is 12.5. The minimum atomic E-state index is -0.680. The van der Waals surface area contributed by atoms with E-state index in [4.69, 9.17) is 0 Å². The monoisotopic (exact) mass is 672 g/mol. The highest BCUT2D eigenvalue weighted by atomic mass is 14.5. The molecule has 8 aromatic carbocycles. The highest BCUT2D eigenvalue weighted by Crippen LogP contribution is 2.57. The number of fused-ring (bicyclic) bond motifs is 3. The van der Waals surface area contributed by atoms with Gasteiger partial charge < -0.3 is 0 Å². The van der Waals surface area contributed by atoms with Gasteiger partial charge in [0.05, 0.1) is 28.7 Å². The molecule has 2 nitrogen and oxygen atoms in total. The summed E-state index contributed by atoms with van der Waals surface area (Å²) in [4.78, 5) is 0. The molecule has 0 heterocycles. The first-order valence-electron chi connectivity index (χ1n) is 17.8. The molecule has 2 heteroatoms. The van der Waals surface area contributed by atoms with Crippen molar-refractivity contribution in [3.05, 3.63) is 228 Å². The van der Waals surface area contributed by atoms with Gasteiger partial charge in [0.15, 0.2) is 0 Å². The molecule has 0 atom stereocenters. The maximum atomic E-state index is 10.2. The molecule has 0 N–H and O–H groups in total. The zero-order valence-corrected chi connectivity index (χ0v) is 28.9. The topological polar surface area (TPSA) is 47.6 Å². The minimum absolute atomic E-state index is 0.643. The summed E-state index contributed by atoms with van der Waals surface area (Å²) in [5.74, 6) is 0. The zero-order chi connectivity index (χ0) is 35.8. The Labute approximate surface area is 310 Å². The fraction of sp³-hybridized carbons (Fsp3) is 0.0196. The van der Waals surface area contributed by atoms with Crippen LogP contribution in [0.1, 0.15) is 33.4 Å². The van der Waals surface area contributed by atoms with Crippen LogP contribution in [0.4, 0.5) is 0 Å². The third kappa shape index (κ3) is 5.09. The average Bonchev–Trinajstić information content (AvgIpc) is 3.55. The second kappa shape index (κ2) is 13.1. The van der Waals surface area contributed by atoms with Crippen LogP contribution in [-0.2, 0) is 5.41 Å². The fourth-order valence-corrected chi connectivity index (χ4v) is 8.39. The summed E-state index contributed by atoms with van der Waals surface area (Å²) < 4.78 is 0. The third-order valence-corrected chi connectivity index (χ3v) is 10.7. The van der Waals surface area contributed by atoms with Gasteiger partial charge in [-0.15, -0.1) is 0 Å². The second-order valence-electron chi connectivity index (χ2n) is 13.4. The average molecular weight is 673 g/mol. The van der Waals surface area contributed by atoms with Crippen LogP contribution in [0.3, 0.4) is 0 Å². The lowest BCUT2D eigenvalue weighted by molar-refractivity contribution is 0.769. The summed E-state index contributed by atoms with van der Waals surface area (Å²) in [6, 6.07) is 72.7. The van der Waals surface area contributed by atoms with Gasteiger partial charge in [0.2, 0.25) is 0 Å². The SMILES string of the molecule is N#Cc1ccccc1-c1ccc(C2(c3ccc(-c4ccccc4C#N)c(-c4ccccc4)c3)c3ccccc3-c3ccccc32)cc1-c1ccccc1. The lowest BCUT2D eigenvalue weighted by Crippen LogP contribution is -2.29. The molecule has 0 spiro atoms. The van der Waals surface area contributed by atoms with Crippen LogP contribution in [0.5, 0.6) is 0 Å². The van der Waals surface area contributed by atoms with E-state index in [1.165, 1.54) is 22.3 Å². The number of hydrogen-bond donors (Lipinski definition) is 0. The molecule has 0 saturated heterocycles. The number of benzene rings is 8. The van der Waals surface area contributed by atoms with Crippen molar-refractivity contribution in [2.24, 2.45) is 0 Å². The van der Waals surface area contributed by atoms with Gasteiger partial charge in [0.1, 0.15) is 0 Å². The zero-order valence-electron chi connectivity index (χ0n) is 28.9. The van der Waals surface area contributed by atoms with Crippen LogP contribution in [0.2, 0.25) is 0 Å². The molecule has 0 saturated carbocycles. The lowest BCUT2D eigenvalue weighted by atomic mass is 9.66. The normalized spacial score (nSPS) is 12.3. The highest BCUT2D eigenvalue weighted by Gasteiger charge is 2.46. The molecule has 0 radical (unpaired) electrons. The molecule has 0 fully saturated rings. The molecule has 53 heavy (non-hydrogen) atoms. The first kappa shape index (κ1) is 31.7. The Morgan fingerprint density at radius 3 is 1.08 bits per heavy atom. The molecule has 8 aromatic rings. The van der Waals surface area contributed by atoms with E-state index in [1.54, 1.807) is 0 Å². The Balaban J connectivity index is 1.40. The number of hydrogen-bond acceptors (Lipinski definition) is 2. The minimum Gasteiger partial charge on any atom is -0.192 e. The molecule has 1 aliphatic rings. The van der Waals surface area contributed by atoms with Crippen LogP contribution >= 0.6 is 0 Å². The Hall–Kier alpha value is -7.26. The van der Waals surface area contributed by atoms with Crippen LogP contribution in [0.15, 0.2) is 194 Å². The fourth-order valence-electron chi connectivity index (χ4n) is 8.39. The Bertz CT molecular complexity index is 2550. The van der Waals surface area contributed by atoms with Gasteiger partial charge in [-0.1, -0.05) is 170 Å². The molecule has 1 aliphatic carbocycles. The van der Waals surface area contributed by atoms with E-state index in [2.05, 4.69) is 146 Å². The molecular weight excluding hydrogens is 641 g/mol. The number of nitrogens with zero attached hydrogens (tertiary/aromatic N) is 2. The van der Waals surface area contributed by atoms with Crippen molar-refractivity contribution in [2.75, 3.05) is 0 Å². The van der Waals surface area contributed by atoms with E-state index >= 15 is 0 Å². The Kier molecular flexibility index (Phi) is 7.85. The first-order valence-corrected chi connectivity index (χ1v) is 17.8. The number of nitriles is 2. The van der Waals surface area contributed by atoms with Crippen molar-refractivity contribution in [2.45, 2.75) is 5.41 Å². The third-order valence-electron chi connectivity index (χ3n) is 10.7. The van der Waals surface area contributed by atoms with Gasteiger partial charge in [0, 0.05) is 11.1 Å². The van der Waals surface area contributed by atoms with Gasteiger partial charge in [-0.2, -0.15) is 10.5 Å². The van der Waals surface area contributed by atoms with Crippen molar-refractivity contribution in [3.63, 3.8) is 0 Å². The second-order valence-corrected chi connectivity index (χ2v) is 13.4. The van der Waals surface area contributed by atoms with E-state index in [0.717, 1.165) is 55.6 Å². The Morgan fingerprint density at radius 2 is 0.660 bits per heavy atom. The maximum absolute atomic E-state index is 10.2. The van der Waals surface area contributed by atoms with Crippen molar-refractivity contribution < 1.29 is 0 Å². The lowest BCUT2D eigenvalue weighted by Gasteiger charge is -2.35. The maximum Gasteiger partial charge on any atom is 0.0998 e. The van der Waals surface area contributed by atoms with E-state index in [-0.39, 0.29) is 0 Å². The summed E-state index contributed by atoms with van der Waals surface area (Å²) in [6.07, 6.45) is 0. The van der Waals surface area contributed by atoms with Crippen LogP contribution in [0.25, 0.3) is 55.6 Å². The summed E-state index contributed by atoms with van der Waals surface area (Å²) >= 11 is 0. The van der Waals surface area contributed by atoms with Crippen molar-refractivity contribution in [3.8, 4) is 67.8 Å². The molecule has 0 aromatic heterocycles. The summed E-state index contributed by atoms with van der Waals surface area (Å²) in [6.45, 7) is 0. The van der Waals surface area contributed by atoms with E-state index in [1.807, 2.05) is 60.7 Å². The van der Waals surface area contributed by atoms with Crippen LogP contribution in [-0.4, -0.2) is 0 Å². The largest absolute Gasteiger partial charge is 0.192 e. The first-order chi connectivity index (χ1) is 26.2. The highest BCUT2D eigenvalue weighted by molar-refractivity contribution is 5.92. The van der Waals surface area contributed by atoms with Crippen molar-refractivity contribution >= 4 is 0 Å². The standard InChI is InChI=1S/C51H32N2/c52-33-37-19-7-9-21-41(37)43-29-27-39(31-47(43)35-15-3-1-4-16-35)51(49-25-13-11-23-45(49)46-24-12-14-26-50(46)51)40-28-30-44(42-22-10-8-20-38(42)34-53)48(32-40)36-17-5-2-6-18-36/h1-32H. The van der Waals surface area contributed by atoms with Crippen LogP contribution in [0, 0.1) is 22.7 Å². The number of rotatable bonds is 6. The van der Waals surface area contributed by atoms with Crippen molar-refractivity contribution in [1.29, 1.82) is 10.5 Å². The summed E-state index contributed by atoms with van der Waals surface area (Å²) in [5.41, 5.74) is 15.9. The molecule has 0 amide bonds. The summed E-state index contributed by atoms with van der Waals surface area (Å²) in [7, 11) is 0. The van der Waals surface area contributed by atoms with E-state index in [9.17, 15) is 10.5 Å². The Morgan fingerprint density at radius 1 is 0.302 bits per heavy atom. The summed E-state index contributed by atoms with van der Waals surface area (Å²) in [5, 5.41) is 20.3. The predicted molar refractivity (Wildman–Crippen MR) is 215 cm³/mol. The van der Waals surface area contributed by atoms with Gasteiger partial charge in [-0.05, 0) is 91.0 Å². The molecule has 0 aliphatic heterocycles. The molecule has 0 unspecified atom stereocenters. The molecule has 9 rings (SSSR count). The van der Waals surface area contributed by atoms with Gasteiger partial charge in [0.25, 0.3) is 0 Å². The van der Waals surface area contributed by atoms with Gasteiger partial charge in [-0.25, -0.2) is 0 Å². The van der Waals surface area contributed by atoms with Crippen LogP contribution < -0.4 is 0 Å². The van der Waals surface area contributed by atoms with Crippen molar-refractivity contribution in [1.82, 2.24) is 0 Å². The molecule has 246 valence electrons. The van der Waals surface area contributed by atoms with Gasteiger partial charge >= 0.3 is 0 Å². The molecule has 0 bridgehead atoms. The van der Waals surface area contributed by atoms with Gasteiger partial charge in [-0.3, -0.25) is 0 Å². The quantitative estimate of drug-likeness (QED) is 0.176. The molecular formula is C51H32N2. The smallest absolute Gasteiger partial charge is 0.0998 e. The van der Waals surface area contributed by atoms with E-state index in [0.29, 0.717) is 11.1 Å².